The summed E-state index contributed by atoms with van der Waals surface area (Å²) >= 11 is 5.67. The minimum atomic E-state index is -4.76. The van der Waals surface area contributed by atoms with Crippen molar-refractivity contribution in [3.63, 3.8) is 0 Å². The molecule has 7 nitrogen and oxygen atoms in total. The Balaban J connectivity index is 1.58. The van der Waals surface area contributed by atoms with Gasteiger partial charge in [0, 0.05) is 37.4 Å². The third-order valence-electron chi connectivity index (χ3n) is 7.57. The summed E-state index contributed by atoms with van der Waals surface area (Å²) in [6.45, 7) is 13.0. The zero-order chi connectivity index (χ0) is 29.4. The lowest BCUT2D eigenvalue weighted by Gasteiger charge is -2.37. The predicted octanol–water partition coefficient (Wildman–Crippen LogP) is 5.12. The van der Waals surface area contributed by atoms with E-state index < -0.39 is 28.7 Å². The van der Waals surface area contributed by atoms with E-state index >= 15 is 0 Å². The molecule has 0 radical (unpaired) electrons. The summed E-state index contributed by atoms with van der Waals surface area (Å²) < 4.78 is 47.0. The maximum atomic E-state index is 13.6. The molecule has 4 rings (SSSR count). The molecule has 1 amide bonds. The smallest absolute Gasteiger partial charge is 0.417 e. The normalized spacial score (nSPS) is 21.6. The van der Waals surface area contributed by atoms with Gasteiger partial charge in [0.25, 0.3) is 5.91 Å². The largest absolute Gasteiger partial charge is 0.492 e. The monoisotopic (exact) mass is 573 g/mol. The molecular weight excluding hydrogens is 539 g/mol. The van der Waals surface area contributed by atoms with Crippen LogP contribution in [-0.4, -0.2) is 59.8 Å². The Kier molecular flexibility index (Phi) is 8.45. The highest BCUT2D eigenvalue weighted by atomic mass is 32.1. The van der Waals surface area contributed by atoms with Crippen molar-refractivity contribution in [2.24, 2.45) is 0 Å². The van der Waals surface area contributed by atoms with Crippen LogP contribution in [0.4, 0.5) is 24.5 Å². The van der Waals surface area contributed by atoms with E-state index in [-0.39, 0.29) is 10.8 Å². The average Bonchev–Trinajstić information content (AvgIpc) is 3.08. The third-order valence-corrected chi connectivity index (χ3v) is 7.93. The lowest BCUT2D eigenvalue weighted by molar-refractivity contribution is -0.137. The topological polar surface area (TPSA) is 71.8 Å². The molecule has 2 fully saturated rings. The number of anilines is 2. The van der Waals surface area contributed by atoms with Crippen LogP contribution in [0.25, 0.3) is 0 Å². The number of hydrogen-bond acceptors (Lipinski definition) is 6. The molecule has 2 aliphatic rings. The molecule has 2 aromatic carbocycles. The van der Waals surface area contributed by atoms with E-state index in [1.165, 1.54) is 6.07 Å². The first-order chi connectivity index (χ1) is 18.8. The Morgan fingerprint density at radius 3 is 2.52 bits per heavy atom. The van der Waals surface area contributed by atoms with E-state index in [9.17, 15) is 18.0 Å². The van der Waals surface area contributed by atoms with Crippen LogP contribution in [0.1, 0.15) is 51.3 Å². The average molecular weight is 574 g/mol. The van der Waals surface area contributed by atoms with Crippen LogP contribution < -0.4 is 19.9 Å². The molecule has 2 saturated heterocycles. The van der Waals surface area contributed by atoms with Gasteiger partial charge in [-0.1, -0.05) is 6.92 Å². The van der Waals surface area contributed by atoms with Crippen molar-refractivity contribution >= 4 is 34.6 Å². The number of carbonyl (C=O) groups is 1. The second kappa shape index (κ2) is 11.4. The van der Waals surface area contributed by atoms with Crippen molar-refractivity contribution in [3.05, 3.63) is 53.1 Å². The number of benzene rings is 2. The summed E-state index contributed by atoms with van der Waals surface area (Å²) in [5.41, 5.74) is -1.26. The highest BCUT2D eigenvalue weighted by Crippen LogP contribution is 2.40. The van der Waals surface area contributed by atoms with Gasteiger partial charge in [-0.15, -0.1) is 0 Å². The van der Waals surface area contributed by atoms with Crippen LogP contribution in [0, 0.1) is 11.3 Å². The number of hydrogen-bond donors (Lipinski definition) is 1. The Hall–Kier alpha value is -3.20. The maximum Gasteiger partial charge on any atom is 0.417 e. The van der Waals surface area contributed by atoms with E-state index in [1.807, 2.05) is 25.1 Å². The molecule has 0 aliphatic carbocycles. The molecule has 2 atom stereocenters. The molecular formula is C29H34F3N5O2S. The first kappa shape index (κ1) is 29.8. The van der Waals surface area contributed by atoms with E-state index in [0.717, 1.165) is 48.0 Å². The molecule has 1 N–H and O–H groups in total. The second-order valence-electron chi connectivity index (χ2n) is 10.8. The molecule has 0 unspecified atom stereocenters. The Morgan fingerprint density at radius 1 is 1.18 bits per heavy atom. The number of alkyl halides is 3. The van der Waals surface area contributed by atoms with Crippen LogP contribution >= 0.6 is 12.2 Å². The number of piperazine rings is 1. The van der Waals surface area contributed by atoms with Gasteiger partial charge in [0.15, 0.2) is 5.11 Å². The van der Waals surface area contributed by atoms with Gasteiger partial charge < -0.3 is 15.0 Å². The summed E-state index contributed by atoms with van der Waals surface area (Å²) in [6.07, 6.45) is -4.08. The summed E-state index contributed by atoms with van der Waals surface area (Å²) in [6, 6.07) is 11.2. The lowest BCUT2D eigenvalue weighted by Crippen LogP contribution is -2.55. The van der Waals surface area contributed by atoms with Crippen molar-refractivity contribution in [2.75, 3.05) is 36.0 Å². The van der Waals surface area contributed by atoms with Crippen molar-refractivity contribution in [1.29, 1.82) is 5.26 Å². The van der Waals surface area contributed by atoms with Crippen molar-refractivity contribution in [1.82, 2.24) is 10.2 Å². The number of thiocarbonyl (C=S) groups is 1. The molecule has 0 saturated carbocycles. The number of nitrogens with one attached hydrogen (secondary N) is 1. The Bertz CT molecular complexity index is 1340. The van der Waals surface area contributed by atoms with Gasteiger partial charge in [-0.25, -0.2) is 0 Å². The second-order valence-corrected chi connectivity index (χ2v) is 11.2. The van der Waals surface area contributed by atoms with Gasteiger partial charge in [0.1, 0.15) is 17.9 Å². The number of amides is 1. The van der Waals surface area contributed by atoms with Gasteiger partial charge in [0.2, 0.25) is 0 Å². The molecule has 0 bridgehead atoms. The fraction of sp³-hybridized carbons (Fsp3) is 0.483. The SMILES string of the molecule is CCc1cc(N2C(=S)N(c3ccc(C#N)c(C(F)(F)F)c3)C(=O)C2(C)C)ccc1OCCN1C[C@@H](C)NC[C@H]1C. The van der Waals surface area contributed by atoms with E-state index in [0.29, 0.717) is 30.8 Å². The lowest BCUT2D eigenvalue weighted by atomic mass is 10.0. The number of aryl methyl sites for hydroxylation is 1. The van der Waals surface area contributed by atoms with E-state index in [2.05, 4.69) is 24.1 Å². The zero-order valence-corrected chi connectivity index (χ0v) is 24.1. The van der Waals surface area contributed by atoms with Gasteiger partial charge in [-0.2, -0.15) is 18.4 Å². The number of ether oxygens (including phenoxy) is 1. The number of carbonyl (C=O) groups excluding carboxylic acids is 1. The fourth-order valence-electron chi connectivity index (χ4n) is 5.26. The molecule has 2 aromatic rings. The van der Waals surface area contributed by atoms with E-state index in [1.54, 1.807) is 24.8 Å². The Labute approximate surface area is 238 Å². The molecule has 2 aliphatic heterocycles. The maximum absolute atomic E-state index is 13.6. The third kappa shape index (κ3) is 5.66. The molecule has 0 aromatic heterocycles. The number of nitriles is 1. The van der Waals surface area contributed by atoms with Gasteiger partial charge >= 0.3 is 6.18 Å². The standard InChI is InChI=1S/C29H34F3N5O2S/c1-6-20-13-23(9-10-25(20)39-12-11-35-17-18(2)34-16-19(35)3)37-27(40)36(26(38)28(37,4)5)22-8-7-21(15-33)24(14-22)29(30,31)32/h7-10,13-14,18-19,34H,6,11-12,16-17H2,1-5H3/t18-,19-/m1/s1. The van der Waals surface area contributed by atoms with Gasteiger partial charge in [0.05, 0.1) is 22.9 Å². The zero-order valence-electron chi connectivity index (χ0n) is 23.3. The summed E-state index contributed by atoms with van der Waals surface area (Å²) in [4.78, 5) is 18.7. The molecule has 0 spiro atoms. The molecule has 11 heteroatoms. The first-order valence-corrected chi connectivity index (χ1v) is 13.7. The number of rotatable bonds is 7. The van der Waals surface area contributed by atoms with Crippen molar-refractivity contribution < 1.29 is 22.7 Å². The molecule has 40 heavy (non-hydrogen) atoms. The predicted molar refractivity (Wildman–Crippen MR) is 153 cm³/mol. The van der Waals surface area contributed by atoms with Crippen molar-refractivity contribution in [3.8, 4) is 11.8 Å². The minimum Gasteiger partial charge on any atom is -0.492 e. The van der Waals surface area contributed by atoms with Crippen LogP contribution in [0.3, 0.4) is 0 Å². The minimum absolute atomic E-state index is 0.0379. The van der Waals surface area contributed by atoms with Crippen LogP contribution in [0.5, 0.6) is 5.75 Å². The summed E-state index contributed by atoms with van der Waals surface area (Å²) in [5, 5.41) is 12.7. The summed E-state index contributed by atoms with van der Waals surface area (Å²) in [5.74, 6) is 0.281. The van der Waals surface area contributed by atoms with Gasteiger partial charge in [-0.05, 0) is 88.3 Å². The van der Waals surface area contributed by atoms with Crippen molar-refractivity contribution in [2.45, 2.75) is 64.8 Å². The number of nitrogens with zero attached hydrogens (tertiary/aromatic N) is 4. The molecule has 2 heterocycles. The number of halogens is 3. The van der Waals surface area contributed by atoms with E-state index in [4.69, 9.17) is 22.2 Å². The van der Waals surface area contributed by atoms with Crippen LogP contribution in [0.15, 0.2) is 36.4 Å². The molecule has 214 valence electrons. The fourth-order valence-corrected chi connectivity index (χ4v) is 5.79. The van der Waals surface area contributed by atoms with Gasteiger partial charge in [-0.3, -0.25) is 14.6 Å². The highest BCUT2D eigenvalue weighted by molar-refractivity contribution is 7.81. The van der Waals surface area contributed by atoms with Crippen LogP contribution in [0.2, 0.25) is 0 Å². The highest BCUT2D eigenvalue weighted by Gasteiger charge is 2.50. The van der Waals surface area contributed by atoms with Crippen LogP contribution in [-0.2, 0) is 17.4 Å². The summed E-state index contributed by atoms with van der Waals surface area (Å²) in [7, 11) is 0. The quantitative estimate of drug-likeness (QED) is 0.461. The Morgan fingerprint density at radius 2 is 1.88 bits per heavy atom. The first-order valence-electron chi connectivity index (χ1n) is 13.3.